The Morgan fingerprint density at radius 3 is 1.66 bits per heavy atom. The fourth-order valence-electron chi connectivity index (χ4n) is 9.59. The number of aromatic nitrogens is 3. The monoisotopic (exact) mass is 719 g/mol. The van der Waals surface area contributed by atoms with Gasteiger partial charge in [0.05, 0.1) is 45.1 Å². The lowest BCUT2D eigenvalue weighted by Gasteiger charge is -2.44. The molecule has 6 nitrogen and oxygen atoms in total. The first-order valence-electron chi connectivity index (χ1n) is 18.8. The Balaban J connectivity index is 1.25. The number of ether oxygens (including phenoxy) is 1. The molecular formula is C50H33N5O. The van der Waals surface area contributed by atoms with Crippen LogP contribution in [-0.2, 0) is 10.8 Å². The number of hydrogen-bond donors (Lipinski definition) is 0. The van der Waals surface area contributed by atoms with E-state index in [2.05, 4.69) is 127 Å². The minimum Gasteiger partial charge on any atom is -0.454 e. The molecule has 0 fully saturated rings. The topological polar surface area (TPSA) is 74.9 Å². The second-order valence-corrected chi connectivity index (χ2v) is 15.0. The molecule has 0 saturated heterocycles. The number of nitrogens with zero attached hydrogens (tertiary/aromatic N) is 5. The van der Waals surface area contributed by atoms with Crippen molar-refractivity contribution in [1.29, 1.82) is 5.26 Å². The van der Waals surface area contributed by atoms with Crippen LogP contribution in [0.5, 0.6) is 11.5 Å². The number of hydrogen-bond acceptors (Lipinski definition) is 6. The van der Waals surface area contributed by atoms with Crippen LogP contribution in [0.3, 0.4) is 0 Å². The van der Waals surface area contributed by atoms with Crippen molar-refractivity contribution >= 4 is 17.1 Å². The number of fused-ring (bicyclic) bond motifs is 11. The van der Waals surface area contributed by atoms with Crippen LogP contribution in [0, 0.1) is 11.3 Å². The summed E-state index contributed by atoms with van der Waals surface area (Å²) in [5.74, 6) is 1.43. The highest BCUT2D eigenvalue weighted by Gasteiger charge is 2.54. The van der Waals surface area contributed by atoms with Crippen molar-refractivity contribution in [3.8, 4) is 51.3 Å². The van der Waals surface area contributed by atoms with Crippen LogP contribution >= 0.6 is 0 Å². The van der Waals surface area contributed by atoms with E-state index in [1.54, 1.807) is 6.20 Å². The van der Waals surface area contributed by atoms with Crippen LogP contribution in [0.25, 0.3) is 33.8 Å². The highest BCUT2D eigenvalue weighted by molar-refractivity contribution is 5.94. The molecule has 5 aromatic carbocycles. The van der Waals surface area contributed by atoms with E-state index in [9.17, 15) is 5.26 Å². The first-order valence-corrected chi connectivity index (χ1v) is 18.8. The molecule has 2 aliphatic heterocycles. The molecule has 0 bridgehead atoms. The summed E-state index contributed by atoms with van der Waals surface area (Å²) < 4.78 is 7.48. The van der Waals surface area contributed by atoms with Crippen molar-refractivity contribution in [3.05, 3.63) is 203 Å². The lowest BCUT2D eigenvalue weighted by atomic mass is 9.65. The van der Waals surface area contributed by atoms with Gasteiger partial charge in [0, 0.05) is 51.8 Å². The molecule has 1 spiro atoms. The van der Waals surface area contributed by atoms with Crippen molar-refractivity contribution in [1.82, 2.24) is 15.0 Å². The zero-order valence-electron chi connectivity index (χ0n) is 30.7. The molecule has 0 atom stereocenters. The van der Waals surface area contributed by atoms with Gasteiger partial charge in [-0.1, -0.05) is 117 Å². The summed E-state index contributed by atoms with van der Waals surface area (Å²) >= 11 is 0. The Morgan fingerprint density at radius 1 is 0.482 bits per heavy atom. The van der Waals surface area contributed by atoms with Gasteiger partial charge in [-0.3, -0.25) is 15.0 Å². The highest BCUT2D eigenvalue weighted by Crippen LogP contribution is 2.65. The van der Waals surface area contributed by atoms with Crippen LogP contribution in [0.1, 0.15) is 52.8 Å². The zero-order valence-corrected chi connectivity index (χ0v) is 30.7. The van der Waals surface area contributed by atoms with Gasteiger partial charge < -0.3 is 9.64 Å². The van der Waals surface area contributed by atoms with Crippen LogP contribution in [-0.4, -0.2) is 15.0 Å². The Bertz CT molecular complexity index is 2870. The van der Waals surface area contributed by atoms with Gasteiger partial charge in [-0.25, -0.2) is 0 Å². The molecule has 0 amide bonds. The van der Waals surface area contributed by atoms with Gasteiger partial charge in [0.25, 0.3) is 0 Å². The molecule has 56 heavy (non-hydrogen) atoms. The molecule has 0 radical (unpaired) electrons. The van der Waals surface area contributed by atoms with Gasteiger partial charge in [0.1, 0.15) is 11.8 Å². The summed E-state index contributed by atoms with van der Waals surface area (Å²) in [6.45, 7) is 4.60. The van der Waals surface area contributed by atoms with E-state index in [0.29, 0.717) is 11.3 Å². The van der Waals surface area contributed by atoms with E-state index in [1.165, 1.54) is 11.1 Å². The molecule has 6 heteroatoms. The van der Waals surface area contributed by atoms with E-state index in [4.69, 9.17) is 14.7 Å². The normalized spacial score (nSPS) is 14.6. The van der Waals surface area contributed by atoms with Crippen molar-refractivity contribution in [2.45, 2.75) is 24.7 Å². The zero-order chi connectivity index (χ0) is 37.6. The minimum absolute atomic E-state index is 0.229. The van der Waals surface area contributed by atoms with Crippen molar-refractivity contribution < 1.29 is 4.74 Å². The fourth-order valence-corrected chi connectivity index (χ4v) is 9.59. The summed E-state index contributed by atoms with van der Waals surface area (Å²) in [5, 5.41) is 10.8. The summed E-state index contributed by atoms with van der Waals surface area (Å²) in [4.78, 5) is 16.9. The fraction of sp³-hybridized carbons (Fsp3) is 0.0800. The second kappa shape index (κ2) is 11.8. The number of anilines is 3. The molecule has 5 heterocycles. The Labute approximate surface area is 325 Å². The van der Waals surface area contributed by atoms with Gasteiger partial charge in [-0.2, -0.15) is 5.26 Å². The van der Waals surface area contributed by atoms with Gasteiger partial charge in [0.15, 0.2) is 5.75 Å². The van der Waals surface area contributed by atoms with Crippen LogP contribution in [0.4, 0.5) is 17.1 Å². The molecule has 8 aromatic rings. The lowest BCUT2D eigenvalue weighted by Crippen LogP contribution is -2.34. The predicted octanol–water partition coefficient (Wildman–Crippen LogP) is 11.7. The van der Waals surface area contributed by atoms with Crippen molar-refractivity contribution in [3.63, 3.8) is 0 Å². The molecule has 3 aromatic heterocycles. The van der Waals surface area contributed by atoms with Gasteiger partial charge in [-0.15, -0.1) is 0 Å². The van der Waals surface area contributed by atoms with Gasteiger partial charge in [0.2, 0.25) is 0 Å². The van der Waals surface area contributed by atoms with Crippen molar-refractivity contribution in [2.24, 2.45) is 0 Å². The Morgan fingerprint density at radius 2 is 1.00 bits per heavy atom. The molecule has 1 aliphatic carbocycles. The van der Waals surface area contributed by atoms with E-state index < -0.39 is 5.41 Å². The number of nitriles is 1. The predicted molar refractivity (Wildman–Crippen MR) is 220 cm³/mol. The van der Waals surface area contributed by atoms with E-state index in [1.807, 2.05) is 60.9 Å². The number of para-hydroxylation sites is 4. The molecular weight excluding hydrogens is 687 g/mol. The average Bonchev–Trinajstić information content (AvgIpc) is 3.54. The van der Waals surface area contributed by atoms with Gasteiger partial charge in [-0.05, 0) is 64.7 Å². The maximum Gasteiger partial charge on any atom is 0.156 e. The molecule has 0 N–H and O–H groups in total. The average molecular weight is 720 g/mol. The molecule has 0 unspecified atom stereocenters. The second-order valence-electron chi connectivity index (χ2n) is 15.0. The standard InChI is InChI=1S/C50H33N5O/c1-49(2)35-17-3-5-24-42(35)55(43-25-6-4-18-36(43)49)44-26-11-20-40-48(44)56-47-33(31-14-9-15-32(34(31)30-51)41-23-7-8-27-52-41)16-10-19-39(47)50(40)37-21-12-28-53-45(37)46-38(50)22-13-29-54-46/h3-29H,1-2H3. The number of rotatable bonds is 3. The number of pyridine rings is 3. The van der Waals surface area contributed by atoms with Crippen molar-refractivity contribution in [2.75, 3.05) is 4.90 Å². The maximum absolute atomic E-state index is 10.8. The Kier molecular flexibility index (Phi) is 6.78. The minimum atomic E-state index is -0.832. The quantitative estimate of drug-likeness (QED) is 0.181. The lowest BCUT2D eigenvalue weighted by molar-refractivity contribution is 0.439. The van der Waals surface area contributed by atoms with Gasteiger partial charge >= 0.3 is 0 Å². The molecule has 0 saturated carbocycles. The largest absolute Gasteiger partial charge is 0.454 e. The SMILES string of the molecule is CC1(C)c2ccccc2N(c2cccc3c2Oc2c(-c4cccc(-c5ccccn5)c4C#N)cccc2C32c3cccnc3-c3ncccc32)c2ccccc21. The molecule has 3 aliphatic rings. The summed E-state index contributed by atoms with van der Waals surface area (Å²) in [5.41, 5.74) is 13.9. The number of benzene rings is 5. The first-order chi connectivity index (χ1) is 27.5. The van der Waals surface area contributed by atoms with Crippen LogP contribution < -0.4 is 9.64 Å². The maximum atomic E-state index is 10.8. The third kappa shape index (κ3) is 4.17. The third-order valence-corrected chi connectivity index (χ3v) is 12.0. The highest BCUT2D eigenvalue weighted by atomic mass is 16.5. The third-order valence-electron chi connectivity index (χ3n) is 12.0. The molecule has 264 valence electrons. The van der Waals surface area contributed by atoms with E-state index in [0.717, 1.165) is 78.8 Å². The summed E-state index contributed by atoms with van der Waals surface area (Å²) in [7, 11) is 0. The van der Waals surface area contributed by atoms with Crippen LogP contribution in [0.2, 0.25) is 0 Å². The van der Waals surface area contributed by atoms with Crippen LogP contribution in [0.15, 0.2) is 164 Å². The summed E-state index contributed by atoms with van der Waals surface area (Å²) in [6, 6.07) is 52.8. The summed E-state index contributed by atoms with van der Waals surface area (Å²) in [6.07, 6.45) is 5.44. The van der Waals surface area contributed by atoms with E-state index in [-0.39, 0.29) is 5.41 Å². The Hall–Kier alpha value is -7.36. The molecule has 11 rings (SSSR count). The smallest absolute Gasteiger partial charge is 0.156 e. The van der Waals surface area contributed by atoms with E-state index >= 15 is 0 Å². The first kappa shape index (κ1) is 32.1.